The predicted molar refractivity (Wildman–Crippen MR) is 104 cm³/mol. The Bertz CT molecular complexity index is 748. The van der Waals surface area contributed by atoms with Crippen molar-refractivity contribution >= 4 is 5.97 Å². The molecule has 0 aromatic heterocycles. The minimum Gasteiger partial charge on any atom is -0.392 e. The van der Waals surface area contributed by atoms with Crippen LogP contribution >= 0.6 is 0 Å². The Morgan fingerprint density at radius 1 is 1.21 bits per heavy atom. The maximum absolute atomic E-state index is 10.9. The third kappa shape index (κ3) is 2.93. The summed E-state index contributed by atoms with van der Waals surface area (Å²) in [5, 5.41) is 31.7. The van der Waals surface area contributed by atoms with Crippen LogP contribution < -0.4 is 0 Å². The van der Waals surface area contributed by atoms with Gasteiger partial charge in [0.15, 0.2) is 0 Å². The zero-order valence-corrected chi connectivity index (χ0v) is 17.0. The molecule has 28 heavy (non-hydrogen) atoms. The van der Waals surface area contributed by atoms with Gasteiger partial charge in [0.2, 0.25) is 0 Å². The Morgan fingerprint density at radius 2 is 1.96 bits per heavy atom. The maximum Gasteiger partial charge on any atom is 0.316 e. The van der Waals surface area contributed by atoms with Gasteiger partial charge in [-0.05, 0) is 67.1 Å². The van der Waals surface area contributed by atoms with E-state index in [-0.39, 0.29) is 16.7 Å². The largest absolute Gasteiger partial charge is 0.392 e. The minimum absolute atomic E-state index is 0.0677. The molecule has 3 fully saturated rings. The van der Waals surface area contributed by atoms with Crippen LogP contribution in [0.5, 0.6) is 0 Å². The zero-order valence-electron chi connectivity index (χ0n) is 17.0. The first kappa shape index (κ1) is 19.9. The number of allylic oxidation sites excluding steroid dienone is 2. The summed E-state index contributed by atoms with van der Waals surface area (Å²) in [4.78, 5) is 10.9. The number of rotatable bonds is 0. The fraction of sp³-hybridized carbons (Fsp3) is 0.783. The number of carbonyl (C=O) groups is 1. The van der Waals surface area contributed by atoms with E-state index in [1.54, 1.807) is 0 Å². The summed E-state index contributed by atoms with van der Waals surface area (Å²) in [5.74, 6) is 3.51. The second kappa shape index (κ2) is 6.86. The van der Waals surface area contributed by atoms with Crippen molar-refractivity contribution in [3.05, 3.63) is 11.6 Å². The quantitative estimate of drug-likeness (QED) is 0.337. The highest BCUT2D eigenvalue weighted by Gasteiger charge is 2.61. The van der Waals surface area contributed by atoms with E-state index in [1.165, 1.54) is 12.5 Å². The van der Waals surface area contributed by atoms with Crippen molar-refractivity contribution < 1.29 is 24.9 Å². The van der Waals surface area contributed by atoms with Crippen molar-refractivity contribution in [3.63, 3.8) is 0 Å². The summed E-state index contributed by atoms with van der Waals surface area (Å²) >= 11 is 0. The lowest BCUT2D eigenvalue weighted by atomic mass is 9.47. The average molecular weight is 389 g/mol. The van der Waals surface area contributed by atoms with E-state index in [0.29, 0.717) is 37.0 Å². The number of ether oxygens (including phenoxy) is 1. The highest BCUT2D eigenvalue weighted by atomic mass is 16.5. The molecule has 3 saturated carbocycles. The summed E-state index contributed by atoms with van der Waals surface area (Å²) < 4.78 is 4.74. The lowest BCUT2D eigenvalue weighted by molar-refractivity contribution is -0.134. The number of carbonyl (C=O) groups excluding carboxylic acids is 1. The molecule has 4 rings (SSSR count). The number of hydrogen-bond donors (Lipinski definition) is 3. The van der Waals surface area contributed by atoms with Crippen LogP contribution in [0.25, 0.3) is 0 Å². The zero-order chi connectivity index (χ0) is 20.3. The second-order valence-corrected chi connectivity index (χ2v) is 9.97. The molecule has 0 heterocycles. The number of hydrogen-bond acceptors (Lipinski definition) is 5. The molecule has 0 saturated heterocycles. The monoisotopic (exact) mass is 388 g/mol. The summed E-state index contributed by atoms with van der Waals surface area (Å²) in [5.41, 5.74) is 1.10. The molecule has 0 bridgehead atoms. The summed E-state index contributed by atoms with van der Waals surface area (Å²) in [6.45, 7) is 5.74. The van der Waals surface area contributed by atoms with E-state index in [0.717, 1.165) is 19.3 Å². The predicted octanol–water partition coefficient (Wildman–Crippen LogP) is 2.39. The highest BCUT2D eigenvalue weighted by Crippen LogP contribution is 2.65. The maximum atomic E-state index is 10.9. The second-order valence-electron chi connectivity index (χ2n) is 9.97. The van der Waals surface area contributed by atoms with Gasteiger partial charge < -0.3 is 20.1 Å². The normalized spacial score (nSPS) is 49.6. The van der Waals surface area contributed by atoms with Gasteiger partial charge in [-0.1, -0.05) is 31.4 Å². The number of fused-ring (bicyclic) bond motifs is 5. The summed E-state index contributed by atoms with van der Waals surface area (Å²) in [7, 11) is 0. The van der Waals surface area contributed by atoms with Crippen LogP contribution in [0.1, 0.15) is 59.3 Å². The van der Waals surface area contributed by atoms with Gasteiger partial charge >= 0.3 is 5.97 Å². The molecule has 5 heteroatoms. The molecule has 0 aromatic rings. The first-order valence-electron chi connectivity index (χ1n) is 10.6. The van der Waals surface area contributed by atoms with Crippen molar-refractivity contribution in [1.82, 2.24) is 0 Å². The standard InChI is InChI=1S/C23H32O5/c1-13(24)28-9-7-14-10-15-4-5-16-17(23(15,3)12-20(14)26)6-8-22(2)18(16)11-19(25)21(22)27/h4,14,16-21,25-27H,5-6,8,10-12H2,1-3H3/t14?,16-,17-,18+,19?,20?,21?,22+,23+/m1/s1. The first-order chi connectivity index (χ1) is 13.2. The van der Waals surface area contributed by atoms with Crippen molar-refractivity contribution in [2.24, 2.45) is 34.5 Å². The van der Waals surface area contributed by atoms with Crippen LogP contribution in [0.3, 0.4) is 0 Å². The Kier molecular flexibility index (Phi) is 4.89. The molecule has 3 N–H and O–H groups in total. The van der Waals surface area contributed by atoms with Crippen LogP contribution in [-0.2, 0) is 9.53 Å². The Hall–Kier alpha value is -1.35. The third-order valence-electron chi connectivity index (χ3n) is 8.58. The third-order valence-corrected chi connectivity index (χ3v) is 8.58. The van der Waals surface area contributed by atoms with E-state index >= 15 is 0 Å². The van der Waals surface area contributed by atoms with E-state index < -0.39 is 24.3 Å². The van der Waals surface area contributed by atoms with Crippen molar-refractivity contribution in [2.45, 2.75) is 77.6 Å². The van der Waals surface area contributed by atoms with Gasteiger partial charge in [-0.15, -0.1) is 0 Å². The minimum atomic E-state index is -0.630. The highest BCUT2D eigenvalue weighted by molar-refractivity contribution is 5.67. The van der Waals surface area contributed by atoms with Gasteiger partial charge in [0.1, 0.15) is 6.11 Å². The van der Waals surface area contributed by atoms with Crippen LogP contribution in [0.2, 0.25) is 0 Å². The number of esters is 1. The van der Waals surface area contributed by atoms with Gasteiger partial charge in [-0.2, -0.15) is 0 Å². The number of aliphatic hydroxyl groups is 3. The molecule has 154 valence electrons. The van der Waals surface area contributed by atoms with Crippen LogP contribution in [-0.4, -0.2) is 39.6 Å². The molecular weight excluding hydrogens is 356 g/mol. The lowest BCUT2D eigenvalue weighted by Gasteiger charge is -2.58. The first-order valence-corrected chi connectivity index (χ1v) is 10.6. The van der Waals surface area contributed by atoms with Crippen LogP contribution in [0.4, 0.5) is 0 Å². The van der Waals surface area contributed by atoms with Gasteiger partial charge in [0.05, 0.1) is 24.2 Å². The molecule has 0 spiro atoms. The van der Waals surface area contributed by atoms with Gasteiger partial charge in [-0.3, -0.25) is 4.79 Å². The Morgan fingerprint density at radius 3 is 2.68 bits per heavy atom. The lowest BCUT2D eigenvalue weighted by Crippen LogP contribution is -2.52. The molecule has 4 aliphatic rings. The average Bonchev–Trinajstić information content (AvgIpc) is 2.85. The molecule has 9 atom stereocenters. The van der Waals surface area contributed by atoms with Crippen molar-refractivity contribution in [1.29, 1.82) is 0 Å². The molecule has 0 aromatic carbocycles. The SMILES string of the molecule is CC(=O)OC#CC1CC2=CC[C@@H]3[C@@H](CC[C@]4(C)C(O)C(O)C[C@@H]34)[C@@]2(C)CC1O. The molecule has 5 nitrogen and oxygen atoms in total. The van der Waals surface area contributed by atoms with Gasteiger partial charge in [0, 0.05) is 6.92 Å². The van der Waals surface area contributed by atoms with E-state index in [9.17, 15) is 20.1 Å². The molecule has 4 aliphatic carbocycles. The molecule has 0 radical (unpaired) electrons. The van der Waals surface area contributed by atoms with E-state index in [4.69, 9.17) is 4.74 Å². The van der Waals surface area contributed by atoms with Crippen molar-refractivity contribution in [3.8, 4) is 12.0 Å². The molecule has 0 aliphatic heterocycles. The smallest absolute Gasteiger partial charge is 0.316 e. The number of aliphatic hydroxyl groups excluding tert-OH is 3. The Balaban J connectivity index is 1.59. The molecular formula is C23H32O5. The van der Waals surface area contributed by atoms with Crippen LogP contribution in [0, 0.1) is 46.5 Å². The van der Waals surface area contributed by atoms with Crippen LogP contribution in [0.15, 0.2) is 11.6 Å². The van der Waals surface area contributed by atoms with Gasteiger partial charge in [-0.25, -0.2) is 0 Å². The van der Waals surface area contributed by atoms with Crippen molar-refractivity contribution in [2.75, 3.05) is 0 Å². The Labute approximate surface area is 167 Å². The van der Waals surface area contributed by atoms with Gasteiger partial charge in [0.25, 0.3) is 0 Å². The molecule has 4 unspecified atom stereocenters. The summed E-state index contributed by atoms with van der Waals surface area (Å²) in [6.07, 6.45) is 7.95. The van der Waals surface area contributed by atoms with E-state index in [2.05, 4.69) is 32.0 Å². The topological polar surface area (TPSA) is 87.0 Å². The molecule has 0 amide bonds. The fourth-order valence-electron chi connectivity index (χ4n) is 7.02. The van der Waals surface area contributed by atoms with E-state index in [1.807, 2.05) is 0 Å². The summed E-state index contributed by atoms with van der Waals surface area (Å²) in [6, 6.07) is 0. The fourth-order valence-corrected chi connectivity index (χ4v) is 7.02.